The highest BCUT2D eigenvalue weighted by atomic mass is 32.1. The number of ether oxygens (including phenoxy) is 1. The summed E-state index contributed by atoms with van der Waals surface area (Å²) in [5, 5.41) is 8.41. The maximum absolute atomic E-state index is 11.0. The van der Waals surface area contributed by atoms with Gasteiger partial charge in [0.2, 0.25) is 0 Å². The maximum atomic E-state index is 11.0. The number of nitrogens with one attached hydrogen (secondary N) is 1. The molecule has 62 valence electrons. The van der Waals surface area contributed by atoms with Crippen LogP contribution in [0.1, 0.15) is 13.8 Å². The van der Waals surface area contributed by atoms with Crippen LogP contribution >= 0.6 is 12.2 Å². The smallest absolute Gasteiger partial charge is 0.319 e. The molecule has 0 rings (SSSR count). The van der Waals surface area contributed by atoms with Gasteiger partial charge in [-0.2, -0.15) is 0 Å². The number of hydrogen-bond acceptors (Lipinski definition) is 4. The molecule has 0 fully saturated rings. The van der Waals surface area contributed by atoms with Crippen LogP contribution in [-0.2, 0) is 9.53 Å². The molecule has 0 heterocycles. The molecule has 11 heavy (non-hydrogen) atoms. The van der Waals surface area contributed by atoms with Crippen molar-refractivity contribution in [2.45, 2.75) is 13.8 Å². The summed E-state index contributed by atoms with van der Waals surface area (Å²) in [4.78, 5) is 11.0. The van der Waals surface area contributed by atoms with Gasteiger partial charge in [0.05, 0.1) is 6.61 Å². The monoisotopic (exact) mass is 173 g/mol. The average molecular weight is 173 g/mol. The summed E-state index contributed by atoms with van der Waals surface area (Å²) in [6.45, 7) is 3.58. The zero-order chi connectivity index (χ0) is 8.85. The van der Waals surface area contributed by atoms with Crippen LogP contribution in [0.3, 0.4) is 0 Å². The Morgan fingerprint density at radius 3 is 2.64 bits per heavy atom. The molecule has 0 amide bonds. The Balaban J connectivity index is 4.14. The minimum Gasteiger partial charge on any atom is -0.465 e. The fraction of sp³-hybridized carbons (Fsp3) is 0.571. The fourth-order valence-corrected chi connectivity index (χ4v) is 0.882. The number of carbonyl (C=O) groups is 1. The molecule has 0 aromatic heterocycles. The first-order valence-corrected chi connectivity index (χ1v) is 3.77. The van der Waals surface area contributed by atoms with Crippen molar-refractivity contribution in [3.05, 3.63) is 0 Å². The molecule has 0 saturated heterocycles. The van der Waals surface area contributed by atoms with Crippen LogP contribution in [-0.4, -0.2) is 23.7 Å². The van der Waals surface area contributed by atoms with E-state index >= 15 is 0 Å². The van der Waals surface area contributed by atoms with Gasteiger partial charge in [-0.15, -0.1) is 0 Å². The van der Waals surface area contributed by atoms with Gasteiger partial charge < -0.3 is 10.1 Å². The van der Waals surface area contributed by atoms with Crippen molar-refractivity contribution in [3.8, 4) is 0 Å². The van der Waals surface area contributed by atoms with Gasteiger partial charge in [-0.05, 0) is 19.2 Å². The summed E-state index contributed by atoms with van der Waals surface area (Å²) >= 11 is 4.57. The number of esters is 1. The van der Waals surface area contributed by atoms with Crippen LogP contribution in [0.2, 0.25) is 0 Å². The Morgan fingerprint density at radius 2 is 2.36 bits per heavy atom. The number of thiocarbonyl (C=S) groups is 1. The van der Waals surface area contributed by atoms with Gasteiger partial charge in [-0.25, -0.2) is 0 Å². The zero-order valence-corrected chi connectivity index (χ0v) is 7.40. The summed E-state index contributed by atoms with van der Waals surface area (Å²) in [5.41, 5.74) is 0.221. The second kappa shape index (κ2) is 4.96. The summed E-state index contributed by atoms with van der Waals surface area (Å²) in [6, 6.07) is 0. The Kier molecular flexibility index (Phi) is 4.61. The number of hydrogen-bond donors (Lipinski definition) is 1. The molecule has 0 aromatic carbocycles. The lowest BCUT2D eigenvalue weighted by Gasteiger charge is -2.07. The Bertz CT molecular complexity index is 179. The van der Waals surface area contributed by atoms with Gasteiger partial charge in [-0.3, -0.25) is 4.79 Å². The van der Waals surface area contributed by atoms with Crippen molar-refractivity contribution >= 4 is 29.3 Å². The van der Waals surface area contributed by atoms with E-state index < -0.39 is 11.9 Å². The minimum absolute atomic E-state index is 0.221. The Hall–Kier alpha value is -0.770. The molecule has 0 aliphatic heterocycles. The highest BCUT2D eigenvalue weighted by molar-refractivity contribution is 7.79. The van der Waals surface area contributed by atoms with Gasteiger partial charge >= 0.3 is 5.97 Å². The predicted octanol–water partition coefficient (Wildman–Crippen LogP) is 1.21. The quantitative estimate of drug-likeness (QED) is 0.395. The van der Waals surface area contributed by atoms with E-state index in [1.54, 1.807) is 6.92 Å². The Labute approximate surface area is 71.2 Å². The highest BCUT2D eigenvalue weighted by Crippen LogP contribution is 1.98. The molecular weight excluding hydrogens is 162 g/mol. The first-order valence-electron chi connectivity index (χ1n) is 3.30. The lowest BCUT2D eigenvalue weighted by Crippen LogP contribution is -2.24. The van der Waals surface area contributed by atoms with Crippen molar-refractivity contribution in [2.24, 2.45) is 5.92 Å². The molecule has 0 saturated carbocycles. The molecule has 0 bridgehead atoms. The third-order valence-corrected chi connectivity index (χ3v) is 1.42. The molecule has 1 unspecified atom stereocenters. The van der Waals surface area contributed by atoms with E-state index in [-0.39, 0.29) is 5.71 Å². The van der Waals surface area contributed by atoms with E-state index in [0.29, 0.717) is 6.61 Å². The lowest BCUT2D eigenvalue weighted by atomic mass is 10.1. The topological polar surface area (TPSA) is 50.2 Å². The maximum Gasteiger partial charge on any atom is 0.319 e. The van der Waals surface area contributed by atoms with Gasteiger partial charge in [0.25, 0.3) is 0 Å². The van der Waals surface area contributed by atoms with Crippen LogP contribution in [0.15, 0.2) is 0 Å². The van der Waals surface area contributed by atoms with Gasteiger partial charge in [0.1, 0.15) is 5.92 Å². The normalized spacial score (nSPS) is 11.8. The van der Waals surface area contributed by atoms with Crippen molar-refractivity contribution in [3.63, 3.8) is 0 Å². The molecule has 1 atom stereocenters. The molecule has 3 nitrogen and oxygen atoms in total. The first-order chi connectivity index (χ1) is 5.13. The molecule has 1 N–H and O–H groups in total. The van der Waals surface area contributed by atoms with Crippen LogP contribution in [0.4, 0.5) is 0 Å². The first kappa shape index (κ1) is 10.2. The fourth-order valence-electron chi connectivity index (χ4n) is 0.566. The van der Waals surface area contributed by atoms with Crippen molar-refractivity contribution < 1.29 is 9.53 Å². The van der Waals surface area contributed by atoms with E-state index in [9.17, 15) is 4.79 Å². The summed E-state index contributed by atoms with van der Waals surface area (Å²) in [6.07, 6.45) is 0. The van der Waals surface area contributed by atoms with Gasteiger partial charge in [0.15, 0.2) is 0 Å². The van der Waals surface area contributed by atoms with Crippen LogP contribution < -0.4 is 0 Å². The second-order valence-electron chi connectivity index (χ2n) is 2.05. The van der Waals surface area contributed by atoms with E-state index in [0.717, 1.165) is 0 Å². The standard InChI is InChI=1S/C7H11NO2S/c1-3-10-7(9)6(4-11)5(2)8/h4,6,8H,3H2,1-2H3. The van der Waals surface area contributed by atoms with E-state index in [2.05, 4.69) is 17.0 Å². The molecular formula is C7H11NO2S. The largest absolute Gasteiger partial charge is 0.465 e. The number of rotatable bonds is 4. The van der Waals surface area contributed by atoms with Crippen LogP contribution in [0.25, 0.3) is 0 Å². The van der Waals surface area contributed by atoms with E-state index in [4.69, 9.17) is 5.41 Å². The summed E-state index contributed by atoms with van der Waals surface area (Å²) in [5.74, 6) is -1.08. The SMILES string of the molecule is CCOC(=O)C(C=S)C(C)=N. The van der Waals surface area contributed by atoms with Crippen LogP contribution in [0.5, 0.6) is 0 Å². The zero-order valence-electron chi connectivity index (χ0n) is 6.59. The second-order valence-corrected chi connectivity index (χ2v) is 2.32. The van der Waals surface area contributed by atoms with Crippen molar-refractivity contribution in [1.29, 1.82) is 5.41 Å². The predicted molar refractivity (Wildman–Crippen MR) is 47.2 cm³/mol. The molecule has 0 spiro atoms. The van der Waals surface area contributed by atoms with Gasteiger partial charge in [-0.1, -0.05) is 12.2 Å². The Morgan fingerprint density at radius 1 is 1.82 bits per heavy atom. The number of carbonyl (C=O) groups excluding carboxylic acids is 1. The minimum atomic E-state index is -0.648. The van der Waals surface area contributed by atoms with Crippen molar-refractivity contribution in [2.75, 3.05) is 6.61 Å². The third-order valence-electron chi connectivity index (χ3n) is 1.14. The third kappa shape index (κ3) is 3.23. The van der Waals surface area contributed by atoms with Crippen LogP contribution in [0, 0.1) is 11.3 Å². The van der Waals surface area contributed by atoms with Gasteiger partial charge in [0, 0.05) is 5.71 Å². The van der Waals surface area contributed by atoms with E-state index in [1.165, 1.54) is 12.3 Å². The summed E-state index contributed by atoms with van der Waals surface area (Å²) < 4.78 is 4.68. The lowest BCUT2D eigenvalue weighted by molar-refractivity contribution is -0.143. The van der Waals surface area contributed by atoms with Crippen molar-refractivity contribution in [1.82, 2.24) is 0 Å². The average Bonchev–Trinajstić information content (AvgIpc) is 1.88. The van der Waals surface area contributed by atoms with E-state index in [1.807, 2.05) is 0 Å². The highest BCUT2D eigenvalue weighted by Gasteiger charge is 2.18. The molecule has 0 aromatic rings. The molecule has 4 heteroatoms. The summed E-state index contributed by atoms with van der Waals surface area (Å²) in [7, 11) is 0. The molecule has 0 aliphatic rings. The molecule has 0 radical (unpaired) electrons. The molecule has 0 aliphatic carbocycles.